The highest BCUT2D eigenvalue weighted by Gasteiger charge is 2.13. The van der Waals surface area contributed by atoms with Crippen LogP contribution in [0.3, 0.4) is 0 Å². The van der Waals surface area contributed by atoms with E-state index < -0.39 is 0 Å². The number of hydrazine groups is 1. The number of hydrogen-bond donors (Lipinski definition) is 3. The van der Waals surface area contributed by atoms with Gasteiger partial charge in [0.2, 0.25) is 0 Å². The van der Waals surface area contributed by atoms with Crippen LogP contribution in [0, 0.1) is 0 Å². The molecule has 0 fully saturated rings. The lowest BCUT2D eigenvalue weighted by Crippen LogP contribution is -2.30. The molecule has 18 heavy (non-hydrogen) atoms. The van der Waals surface area contributed by atoms with Gasteiger partial charge in [-0.2, -0.15) is 0 Å². The summed E-state index contributed by atoms with van der Waals surface area (Å²) in [5, 5.41) is 0. The molecule has 0 amide bonds. The van der Waals surface area contributed by atoms with Gasteiger partial charge in [-0.1, -0.05) is 46.3 Å². The largest absolute Gasteiger partial charge is 0.398 e. The van der Waals surface area contributed by atoms with E-state index in [1.165, 1.54) is 5.56 Å². The molecule has 0 spiro atoms. The Morgan fingerprint density at radius 3 is 2.50 bits per heavy atom. The number of hydrogen-bond acceptors (Lipinski definition) is 3. The summed E-state index contributed by atoms with van der Waals surface area (Å²) in [4.78, 5) is 0. The highest BCUT2D eigenvalue weighted by atomic mass is 79.9. The number of benzene rings is 2. The van der Waals surface area contributed by atoms with E-state index in [0.29, 0.717) is 0 Å². The highest BCUT2D eigenvalue weighted by Crippen LogP contribution is 2.26. The second-order valence-electron chi connectivity index (χ2n) is 4.18. The predicted octanol–water partition coefficient (Wildman–Crippen LogP) is 2.78. The average Bonchev–Trinajstić information content (AvgIpc) is 2.40. The third kappa shape index (κ3) is 3.10. The Bertz CT molecular complexity index is 514. The highest BCUT2D eigenvalue weighted by molar-refractivity contribution is 9.10. The van der Waals surface area contributed by atoms with Crippen molar-refractivity contribution in [2.75, 3.05) is 5.73 Å². The summed E-state index contributed by atoms with van der Waals surface area (Å²) in [7, 11) is 0. The van der Waals surface area contributed by atoms with Crippen LogP contribution >= 0.6 is 15.9 Å². The quantitative estimate of drug-likeness (QED) is 0.462. The van der Waals surface area contributed by atoms with Gasteiger partial charge in [-0.05, 0) is 35.7 Å². The van der Waals surface area contributed by atoms with Gasteiger partial charge in [0, 0.05) is 10.2 Å². The summed E-state index contributed by atoms with van der Waals surface area (Å²) in [5.41, 5.74) is 11.8. The van der Waals surface area contributed by atoms with Gasteiger partial charge in [-0.15, -0.1) is 0 Å². The van der Waals surface area contributed by atoms with Crippen LogP contribution in [-0.2, 0) is 6.42 Å². The number of halogens is 1. The molecule has 0 aliphatic heterocycles. The fourth-order valence-electron chi connectivity index (χ4n) is 1.96. The molecule has 0 bridgehead atoms. The van der Waals surface area contributed by atoms with Gasteiger partial charge in [0.25, 0.3) is 0 Å². The third-order valence-corrected chi connectivity index (χ3v) is 3.40. The Morgan fingerprint density at radius 1 is 1.11 bits per heavy atom. The lowest BCUT2D eigenvalue weighted by molar-refractivity contribution is 0.553. The first-order chi connectivity index (χ1) is 8.70. The van der Waals surface area contributed by atoms with E-state index in [9.17, 15) is 0 Å². The van der Waals surface area contributed by atoms with Gasteiger partial charge < -0.3 is 5.73 Å². The van der Waals surface area contributed by atoms with Crippen LogP contribution in [0.25, 0.3) is 0 Å². The zero-order valence-electron chi connectivity index (χ0n) is 9.94. The van der Waals surface area contributed by atoms with E-state index in [4.69, 9.17) is 11.6 Å². The SMILES string of the molecule is NNC(Cc1ccccc1)c1cc(Br)ccc1N. The smallest absolute Gasteiger partial charge is 0.0521 e. The van der Waals surface area contributed by atoms with E-state index in [1.54, 1.807) is 0 Å². The minimum Gasteiger partial charge on any atom is -0.398 e. The van der Waals surface area contributed by atoms with Crippen LogP contribution in [0.2, 0.25) is 0 Å². The first-order valence-electron chi connectivity index (χ1n) is 5.75. The topological polar surface area (TPSA) is 64.1 Å². The third-order valence-electron chi connectivity index (χ3n) is 2.91. The second kappa shape index (κ2) is 6.00. The Kier molecular flexibility index (Phi) is 4.36. The summed E-state index contributed by atoms with van der Waals surface area (Å²) >= 11 is 3.46. The first-order valence-corrected chi connectivity index (χ1v) is 6.55. The molecule has 94 valence electrons. The van der Waals surface area contributed by atoms with Crippen molar-refractivity contribution >= 4 is 21.6 Å². The van der Waals surface area contributed by atoms with Crippen molar-refractivity contribution < 1.29 is 0 Å². The van der Waals surface area contributed by atoms with Crippen LogP contribution in [0.15, 0.2) is 53.0 Å². The van der Waals surface area contributed by atoms with Crippen LogP contribution in [0.1, 0.15) is 17.2 Å². The lowest BCUT2D eigenvalue weighted by Gasteiger charge is -2.18. The lowest BCUT2D eigenvalue weighted by atomic mass is 9.98. The summed E-state index contributed by atoms with van der Waals surface area (Å²) < 4.78 is 1.00. The number of rotatable bonds is 4. The molecule has 2 aromatic rings. The maximum Gasteiger partial charge on any atom is 0.0521 e. The molecule has 0 radical (unpaired) electrons. The van der Waals surface area contributed by atoms with E-state index in [2.05, 4.69) is 33.5 Å². The van der Waals surface area contributed by atoms with Crippen molar-refractivity contribution in [1.29, 1.82) is 0 Å². The summed E-state index contributed by atoms with van der Waals surface area (Å²) in [6.45, 7) is 0. The van der Waals surface area contributed by atoms with Crippen molar-refractivity contribution in [1.82, 2.24) is 5.43 Å². The number of nitrogen functional groups attached to an aromatic ring is 1. The summed E-state index contributed by atoms with van der Waals surface area (Å²) in [6.07, 6.45) is 0.804. The molecule has 3 nitrogen and oxygen atoms in total. The maximum absolute atomic E-state index is 6.00. The fourth-order valence-corrected chi connectivity index (χ4v) is 2.33. The molecule has 1 atom stereocenters. The zero-order valence-corrected chi connectivity index (χ0v) is 11.5. The molecule has 0 heterocycles. The second-order valence-corrected chi connectivity index (χ2v) is 5.10. The molecule has 5 N–H and O–H groups in total. The molecule has 0 saturated carbocycles. The van der Waals surface area contributed by atoms with Gasteiger partial charge in [-0.3, -0.25) is 11.3 Å². The number of nitrogens with one attached hydrogen (secondary N) is 1. The minimum atomic E-state index is 0.00454. The van der Waals surface area contributed by atoms with Crippen molar-refractivity contribution in [3.05, 3.63) is 64.1 Å². The van der Waals surface area contributed by atoms with Gasteiger partial charge in [0.1, 0.15) is 0 Å². The van der Waals surface area contributed by atoms with Gasteiger partial charge in [0.15, 0.2) is 0 Å². The minimum absolute atomic E-state index is 0.00454. The molecule has 0 aliphatic carbocycles. The van der Waals surface area contributed by atoms with Crippen LogP contribution in [-0.4, -0.2) is 0 Å². The predicted molar refractivity (Wildman–Crippen MR) is 78.8 cm³/mol. The van der Waals surface area contributed by atoms with Crippen molar-refractivity contribution in [3.8, 4) is 0 Å². The number of anilines is 1. The first kappa shape index (κ1) is 13.1. The van der Waals surface area contributed by atoms with E-state index >= 15 is 0 Å². The molecule has 0 saturated heterocycles. The van der Waals surface area contributed by atoms with Gasteiger partial charge in [0.05, 0.1) is 6.04 Å². The normalized spacial score (nSPS) is 12.3. The molecular weight excluding hydrogens is 290 g/mol. The Balaban J connectivity index is 2.26. The summed E-state index contributed by atoms with van der Waals surface area (Å²) in [5.74, 6) is 5.65. The van der Waals surface area contributed by atoms with Crippen molar-refractivity contribution in [3.63, 3.8) is 0 Å². The van der Waals surface area contributed by atoms with Crippen LogP contribution in [0.4, 0.5) is 5.69 Å². The van der Waals surface area contributed by atoms with Crippen LogP contribution in [0.5, 0.6) is 0 Å². The molecule has 2 rings (SSSR count). The molecule has 4 heteroatoms. The number of nitrogens with two attached hydrogens (primary N) is 2. The van der Waals surface area contributed by atoms with Gasteiger partial charge >= 0.3 is 0 Å². The fraction of sp³-hybridized carbons (Fsp3) is 0.143. The Hall–Kier alpha value is -1.36. The molecule has 1 unspecified atom stereocenters. The molecule has 0 aliphatic rings. The molecular formula is C14H16BrN3. The summed E-state index contributed by atoms with van der Waals surface area (Å²) in [6, 6.07) is 16.0. The maximum atomic E-state index is 6.00. The van der Waals surface area contributed by atoms with Gasteiger partial charge in [-0.25, -0.2) is 0 Å². The van der Waals surface area contributed by atoms with Crippen molar-refractivity contribution in [2.24, 2.45) is 5.84 Å². The standard InChI is InChI=1S/C14H16BrN3/c15-11-6-7-13(16)12(9-11)14(18-17)8-10-4-2-1-3-5-10/h1-7,9,14,18H,8,16-17H2. The monoisotopic (exact) mass is 305 g/mol. The Labute approximate surface area is 115 Å². The molecule has 2 aromatic carbocycles. The average molecular weight is 306 g/mol. The Morgan fingerprint density at radius 2 is 1.83 bits per heavy atom. The van der Waals surface area contributed by atoms with E-state index in [-0.39, 0.29) is 6.04 Å². The van der Waals surface area contributed by atoms with E-state index in [1.807, 2.05) is 36.4 Å². The van der Waals surface area contributed by atoms with Crippen LogP contribution < -0.4 is 17.0 Å². The van der Waals surface area contributed by atoms with E-state index in [0.717, 1.165) is 22.1 Å². The zero-order chi connectivity index (χ0) is 13.0. The van der Waals surface area contributed by atoms with Crippen molar-refractivity contribution in [2.45, 2.75) is 12.5 Å². The molecule has 0 aromatic heterocycles.